The lowest BCUT2D eigenvalue weighted by molar-refractivity contribution is -0.177. The molecular formula is C11H9F3N2O4. The van der Waals surface area contributed by atoms with Crippen LogP contribution in [0, 0.1) is 0 Å². The lowest BCUT2D eigenvalue weighted by Gasteiger charge is -2.04. The van der Waals surface area contributed by atoms with Crippen molar-refractivity contribution in [3.05, 3.63) is 24.0 Å². The summed E-state index contributed by atoms with van der Waals surface area (Å²) in [4.78, 5) is 3.76. The number of hydrogen-bond donors (Lipinski definition) is 2. The summed E-state index contributed by atoms with van der Waals surface area (Å²) in [6.45, 7) is -1.91. The SMILES string of the molecule is Oc1ccc(O)c(-c2nc(COCC(F)(F)F)no2)c1. The van der Waals surface area contributed by atoms with Crippen molar-refractivity contribution in [3.8, 4) is 23.0 Å². The summed E-state index contributed by atoms with van der Waals surface area (Å²) >= 11 is 0. The highest BCUT2D eigenvalue weighted by atomic mass is 19.4. The molecule has 0 aliphatic rings. The molecule has 0 unspecified atom stereocenters. The molecule has 0 atom stereocenters. The molecule has 0 bridgehead atoms. The van der Waals surface area contributed by atoms with Crippen LogP contribution < -0.4 is 0 Å². The van der Waals surface area contributed by atoms with E-state index in [0.717, 1.165) is 0 Å². The molecule has 0 spiro atoms. The summed E-state index contributed by atoms with van der Waals surface area (Å²) in [6.07, 6.45) is -4.43. The fourth-order valence-electron chi connectivity index (χ4n) is 1.38. The van der Waals surface area contributed by atoms with Gasteiger partial charge in [-0.2, -0.15) is 18.2 Å². The van der Waals surface area contributed by atoms with Gasteiger partial charge in [-0.3, -0.25) is 0 Å². The third-order valence-corrected chi connectivity index (χ3v) is 2.18. The highest BCUT2D eigenvalue weighted by Crippen LogP contribution is 2.31. The van der Waals surface area contributed by atoms with E-state index in [9.17, 15) is 23.4 Å². The third-order valence-electron chi connectivity index (χ3n) is 2.18. The number of hydrogen-bond acceptors (Lipinski definition) is 6. The van der Waals surface area contributed by atoms with Crippen molar-refractivity contribution in [2.24, 2.45) is 0 Å². The van der Waals surface area contributed by atoms with Crippen LogP contribution in [0.3, 0.4) is 0 Å². The maximum atomic E-state index is 11.9. The first-order valence-corrected chi connectivity index (χ1v) is 5.34. The minimum absolute atomic E-state index is 0.0690. The van der Waals surface area contributed by atoms with Gasteiger partial charge in [-0.25, -0.2) is 0 Å². The molecule has 0 aliphatic heterocycles. The van der Waals surface area contributed by atoms with Crippen molar-refractivity contribution >= 4 is 0 Å². The number of ether oxygens (including phenoxy) is 1. The van der Waals surface area contributed by atoms with Gasteiger partial charge in [0, 0.05) is 0 Å². The first kappa shape index (κ1) is 14.1. The molecule has 20 heavy (non-hydrogen) atoms. The largest absolute Gasteiger partial charge is 0.508 e. The molecule has 1 aromatic heterocycles. The van der Waals surface area contributed by atoms with E-state index >= 15 is 0 Å². The number of aromatic nitrogens is 2. The zero-order valence-corrected chi connectivity index (χ0v) is 9.89. The molecule has 2 aromatic rings. The molecular weight excluding hydrogens is 281 g/mol. The number of rotatable bonds is 4. The predicted octanol–water partition coefficient (Wildman–Crippen LogP) is 2.23. The van der Waals surface area contributed by atoms with Crippen molar-refractivity contribution in [2.75, 3.05) is 6.61 Å². The van der Waals surface area contributed by atoms with E-state index in [1.807, 2.05) is 0 Å². The molecule has 6 nitrogen and oxygen atoms in total. The lowest BCUT2D eigenvalue weighted by Crippen LogP contribution is -2.16. The van der Waals surface area contributed by atoms with Crippen molar-refractivity contribution in [1.82, 2.24) is 10.1 Å². The zero-order chi connectivity index (χ0) is 14.8. The van der Waals surface area contributed by atoms with E-state index < -0.39 is 19.4 Å². The summed E-state index contributed by atoms with van der Waals surface area (Å²) in [5.41, 5.74) is 0.0690. The quantitative estimate of drug-likeness (QED) is 0.839. The van der Waals surface area contributed by atoms with Gasteiger partial charge in [0.15, 0.2) is 5.82 Å². The van der Waals surface area contributed by atoms with E-state index in [-0.39, 0.29) is 28.8 Å². The van der Waals surface area contributed by atoms with Crippen LogP contribution in [-0.2, 0) is 11.3 Å². The number of halogens is 3. The van der Waals surface area contributed by atoms with Gasteiger partial charge in [-0.05, 0) is 18.2 Å². The second-order valence-electron chi connectivity index (χ2n) is 3.83. The minimum Gasteiger partial charge on any atom is -0.508 e. The number of nitrogens with zero attached hydrogens (tertiary/aromatic N) is 2. The van der Waals surface area contributed by atoms with Crippen LogP contribution in [0.25, 0.3) is 11.5 Å². The van der Waals surface area contributed by atoms with Crippen LogP contribution in [0.5, 0.6) is 11.5 Å². The Morgan fingerprint density at radius 3 is 2.70 bits per heavy atom. The Kier molecular flexibility index (Phi) is 3.79. The first-order valence-electron chi connectivity index (χ1n) is 5.34. The second-order valence-corrected chi connectivity index (χ2v) is 3.83. The molecule has 0 saturated heterocycles. The van der Waals surface area contributed by atoms with Crippen LogP contribution in [0.2, 0.25) is 0 Å². The Labute approximate surface area is 110 Å². The van der Waals surface area contributed by atoms with Crippen LogP contribution in [0.1, 0.15) is 5.82 Å². The van der Waals surface area contributed by atoms with Crippen LogP contribution in [0.15, 0.2) is 22.7 Å². The van der Waals surface area contributed by atoms with Gasteiger partial charge in [0.25, 0.3) is 5.89 Å². The molecule has 9 heteroatoms. The Morgan fingerprint density at radius 2 is 2.00 bits per heavy atom. The molecule has 2 N–H and O–H groups in total. The van der Waals surface area contributed by atoms with Crippen LogP contribution in [0.4, 0.5) is 13.2 Å². The Hall–Kier alpha value is -2.29. The fourth-order valence-corrected chi connectivity index (χ4v) is 1.38. The highest BCUT2D eigenvalue weighted by Gasteiger charge is 2.27. The van der Waals surface area contributed by atoms with Gasteiger partial charge in [0.05, 0.1) is 5.56 Å². The van der Waals surface area contributed by atoms with Crippen LogP contribution >= 0.6 is 0 Å². The summed E-state index contributed by atoms with van der Waals surface area (Å²) in [5.74, 6) is -0.587. The van der Waals surface area contributed by atoms with Gasteiger partial charge in [0.1, 0.15) is 24.7 Å². The fraction of sp³-hybridized carbons (Fsp3) is 0.273. The van der Waals surface area contributed by atoms with Gasteiger partial charge >= 0.3 is 6.18 Å². The Morgan fingerprint density at radius 1 is 1.25 bits per heavy atom. The van der Waals surface area contributed by atoms with Crippen molar-refractivity contribution in [2.45, 2.75) is 12.8 Å². The van der Waals surface area contributed by atoms with E-state index in [1.54, 1.807) is 0 Å². The van der Waals surface area contributed by atoms with Crippen molar-refractivity contribution in [1.29, 1.82) is 0 Å². The van der Waals surface area contributed by atoms with Crippen LogP contribution in [-0.4, -0.2) is 33.1 Å². The molecule has 0 saturated carbocycles. The van der Waals surface area contributed by atoms with E-state index in [0.29, 0.717) is 0 Å². The molecule has 108 valence electrons. The van der Waals surface area contributed by atoms with Gasteiger partial charge in [-0.1, -0.05) is 5.16 Å². The number of phenolic OH excluding ortho intramolecular Hbond substituents is 2. The molecule has 2 rings (SSSR count). The normalized spacial score (nSPS) is 11.8. The first-order chi connectivity index (χ1) is 9.35. The smallest absolute Gasteiger partial charge is 0.411 e. The van der Waals surface area contributed by atoms with E-state index in [2.05, 4.69) is 14.9 Å². The minimum atomic E-state index is -4.43. The number of benzene rings is 1. The average Bonchev–Trinajstić information content (AvgIpc) is 2.79. The zero-order valence-electron chi connectivity index (χ0n) is 9.89. The Balaban J connectivity index is 2.07. The third kappa shape index (κ3) is 3.60. The van der Waals surface area contributed by atoms with Gasteiger partial charge < -0.3 is 19.5 Å². The second kappa shape index (κ2) is 5.37. The van der Waals surface area contributed by atoms with Crippen molar-refractivity contribution < 1.29 is 32.6 Å². The Bertz CT molecular complexity index is 598. The summed E-state index contributed by atoms with van der Waals surface area (Å²) < 4.78 is 44.8. The topological polar surface area (TPSA) is 88.6 Å². The van der Waals surface area contributed by atoms with Gasteiger partial charge in [0.2, 0.25) is 0 Å². The molecule has 1 aromatic carbocycles. The summed E-state index contributed by atoms with van der Waals surface area (Å²) in [5, 5.41) is 22.3. The maximum Gasteiger partial charge on any atom is 0.411 e. The predicted molar refractivity (Wildman–Crippen MR) is 58.8 cm³/mol. The standard InChI is InChI=1S/C11H9F3N2O4/c12-11(13,14)5-19-4-9-15-10(20-16-9)7-3-6(17)1-2-8(7)18/h1-3,17-18H,4-5H2. The molecule has 1 heterocycles. The molecule has 0 radical (unpaired) electrons. The molecule has 0 aliphatic carbocycles. The monoisotopic (exact) mass is 290 g/mol. The summed E-state index contributed by atoms with van der Waals surface area (Å²) in [6, 6.07) is 3.65. The lowest BCUT2D eigenvalue weighted by atomic mass is 10.2. The molecule has 0 fully saturated rings. The molecule has 0 amide bonds. The number of alkyl halides is 3. The average molecular weight is 290 g/mol. The van der Waals surface area contributed by atoms with E-state index in [1.165, 1.54) is 18.2 Å². The van der Waals surface area contributed by atoms with Crippen molar-refractivity contribution in [3.63, 3.8) is 0 Å². The number of aromatic hydroxyl groups is 2. The maximum absolute atomic E-state index is 11.9. The van der Waals surface area contributed by atoms with Gasteiger partial charge in [-0.15, -0.1) is 0 Å². The summed E-state index contributed by atoms with van der Waals surface area (Å²) in [7, 11) is 0. The highest BCUT2D eigenvalue weighted by molar-refractivity contribution is 5.64. The number of phenols is 2. The van der Waals surface area contributed by atoms with E-state index in [4.69, 9.17) is 4.52 Å².